The summed E-state index contributed by atoms with van der Waals surface area (Å²) in [5, 5.41) is 11.5. The van der Waals surface area contributed by atoms with Crippen LogP contribution < -0.4 is 5.32 Å². The van der Waals surface area contributed by atoms with Crippen molar-refractivity contribution < 1.29 is 9.59 Å². The molecule has 1 aromatic carbocycles. The average molecular weight is 520 g/mol. The topological polar surface area (TPSA) is 129 Å². The molecule has 0 unspecified atom stereocenters. The van der Waals surface area contributed by atoms with Crippen molar-refractivity contribution in [1.82, 2.24) is 30.1 Å². The molecule has 5 heterocycles. The van der Waals surface area contributed by atoms with Crippen LogP contribution in [0.2, 0.25) is 0 Å². The lowest BCUT2D eigenvalue weighted by atomic mass is 10.0. The molecular formula is C28H21N7O2S. The van der Waals surface area contributed by atoms with E-state index in [1.54, 1.807) is 25.5 Å². The smallest absolute Gasteiger partial charge is 0.227 e. The number of ketones is 1. The number of anilines is 1. The maximum Gasteiger partial charge on any atom is 0.227 e. The van der Waals surface area contributed by atoms with Crippen LogP contribution >= 0.6 is 11.3 Å². The Morgan fingerprint density at radius 2 is 1.89 bits per heavy atom. The van der Waals surface area contributed by atoms with Crippen LogP contribution in [-0.2, 0) is 4.79 Å². The van der Waals surface area contributed by atoms with Gasteiger partial charge in [-0.1, -0.05) is 6.07 Å². The summed E-state index contributed by atoms with van der Waals surface area (Å²) in [4.78, 5) is 42.7. The summed E-state index contributed by atoms with van der Waals surface area (Å²) in [5.41, 5.74) is 6.36. The van der Waals surface area contributed by atoms with Crippen molar-refractivity contribution in [1.29, 1.82) is 0 Å². The van der Waals surface area contributed by atoms with Gasteiger partial charge < -0.3 is 10.3 Å². The summed E-state index contributed by atoms with van der Waals surface area (Å²) in [5.74, 6) is 0.819. The lowest BCUT2D eigenvalue weighted by Gasteiger charge is -2.07. The molecule has 5 aromatic heterocycles. The van der Waals surface area contributed by atoms with Crippen LogP contribution in [0.3, 0.4) is 0 Å². The van der Waals surface area contributed by atoms with Gasteiger partial charge in [-0.3, -0.25) is 24.7 Å². The first-order valence-corrected chi connectivity index (χ1v) is 13.1. The van der Waals surface area contributed by atoms with Gasteiger partial charge in [0.1, 0.15) is 16.9 Å². The number of aromatic nitrogens is 6. The number of thiophene rings is 1. The van der Waals surface area contributed by atoms with Gasteiger partial charge in [-0.05, 0) is 61.7 Å². The molecule has 3 N–H and O–H groups in total. The number of rotatable bonds is 6. The van der Waals surface area contributed by atoms with Gasteiger partial charge in [0.25, 0.3) is 0 Å². The molecular weight excluding hydrogens is 498 g/mol. The number of amides is 1. The highest BCUT2D eigenvalue weighted by molar-refractivity contribution is 7.17. The molecule has 0 spiro atoms. The van der Waals surface area contributed by atoms with Gasteiger partial charge in [0.2, 0.25) is 5.91 Å². The van der Waals surface area contributed by atoms with Crippen molar-refractivity contribution in [3.05, 3.63) is 65.9 Å². The fourth-order valence-electron chi connectivity index (χ4n) is 4.51. The van der Waals surface area contributed by atoms with Gasteiger partial charge in [-0.15, -0.1) is 11.3 Å². The minimum absolute atomic E-state index is 0.0287. The molecule has 6 aromatic rings. The largest absolute Gasteiger partial charge is 0.336 e. The van der Waals surface area contributed by atoms with E-state index in [2.05, 4.69) is 30.5 Å². The summed E-state index contributed by atoms with van der Waals surface area (Å²) in [6.45, 7) is 1.56. The third kappa shape index (κ3) is 3.95. The zero-order valence-corrected chi connectivity index (χ0v) is 21.1. The molecule has 9 nitrogen and oxygen atoms in total. The molecule has 1 amide bonds. The minimum Gasteiger partial charge on any atom is -0.336 e. The van der Waals surface area contributed by atoms with E-state index in [0.29, 0.717) is 22.1 Å². The van der Waals surface area contributed by atoms with Gasteiger partial charge in [-0.25, -0.2) is 4.98 Å². The molecule has 1 aliphatic rings. The Balaban J connectivity index is 1.27. The van der Waals surface area contributed by atoms with Crippen molar-refractivity contribution in [2.75, 3.05) is 5.32 Å². The van der Waals surface area contributed by atoms with Crippen molar-refractivity contribution >= 4 is 50.7 Å². The fraction of sp³-hybridized carbons (Fsp3) is 0.143. The van der Waals surface area contributed by atoms with E-state index in [1.165, 1.54) is 11.3 Å². The van der Waals surface area contributed by atoms with E-state index in [-0.39, 0.29) is 17.6 Å². The van der Waals surface area contributed by atoms with Gasteiger partial charge >= 0.3 is 0 Å². The number of fused-ring (bicyclic) bond motifs is 2. The molecule has 1 saturated carbocycles. The predicted molar refractivity (Wildman–Crippen MR) is 147 cm³/mol. The van der Waals surface area contributed by atoms with Crippen molar-refractivity contribution in [2.45, 2.75) is 19.8 Å². The molecule has 38 heavy (non-hydrogen) atoms. The van der Waals surface area contributed by atoms with E-state index >= 15 is 0 Å². The summed E-state index contributed by atoms with van der Waals surface area (Å²) < 4.78 is 0. The molecule has 0 saturated heterocycles. The Kier molecular flexibility index (Phi) is 5.15. The zero-order valence-electron chi connectivity index (χ0n) is 20.3. The van der Waals surface area contributed by atoms with Crippen LogP contribution in [0.4, 0.5) is 5.69 Å². The third-order valence-corrected chi connectivity index (χ3v) is 7.85. The number of hydrogen-bond donors (Lipinski definition) is 3. The van der Waals surface area contributed by atoms with E-state index in [4.69, 9.17) is 4.98 Å². The Hall–Kier alpha value is -4.70. The number of H-pyrrole nitrogens is 2. The molecule has 1 fully saturated rings. The molecule has 1 aliphatic carbocycles. The number of nitrogens with one attached hydrogen (secondary N) is 3. The number of carbonyl (C=O) groups is 2. The minimum atomic E-state index is 0.0287. The molecule has 0 bridgehead atoms. The normalized spacial score (nSPS) is 13.3. The number of benzene rings is 1. The highest BCUT2D eigenvalue weighted by Gasteiger charge is 2.29. The molecule has 10 heteroatoms. The maximum absolute atomic E-state index is 12.2. The number of carbonyl (C=O) groups excluding carboxylic acids is 2. The summed E-state index contributed by atoms with van der Waals surface area (Å²) in [6.07, 6.45) is 7.08. The lowest BCUT2D eigenvalue weighted by Crippen LogP contribution is -2.13. The second-order valence-electron chi connectivity index (χ2n) is 9.42. The SMILES string of the molecule is CC(=O)c1ccc(-c2nccc3[nH]c(-c4n[nH]c5ccc(-c6cncc(NC(=O)C7CC7)c6)cc45)nc23)s1. The van der Waals surface area contributed by atoms with Crippen molar-refractivity contribution in [2.24, 2.45) is 5.92 Å². The predicted octanol–water partition coefficient (Wildman–Crippen LogP) is 5.84. The summed E-state index contributed by atoms with van der Waals surface area (Å²) >= 11 is 1.41. The zero-order chi connectivity index (χ0) is 25.8. The van der Waals surface area contributed by atoms with Gasteiger partial charge in [0.15, 0.2) is 11.6 Å². The van der Waals surface area contributed by atoms with Crippen LogP contribution in [0.25, 0.3) is 55.2 Å². The number of hydrogen-bond acceptors (Lipinski definition) is 7. The molecule has 186 valence electrons. The molecule has 0 aliphatic heterocycles. The van der Waals surface area contributed by atoms with Crippen molar-refractivity contribution in [3.63, 3.8) is 0 Å². The fourth-order valence-corrected chi connectivity index (χ4v) is 5.41. The van der Waals surface area contributed by atoms with Gasteiger partial charge in [-0.2, -0.15) is 5.10 Å². The Morgan fingerprint density at radius 3 is 2.71 bits per heavy atom. The average Bonchev–Trinajstić information content (AvgIpc) is 3.32. The third-order valence-electron chi connectivity index (χ3n) is 6.66. The van der Waals surface area contributed by atoms with Gasteiger partial charge in [0, 0.05) is 29.3 Å². The van der Waals surface area contributed by atoms with Crippen LogP contribution in [0.5, 0.6) is 0 Å². The highest BCUT2D eigenvalue weighted by Crippen LogP contribution is 2.35. The van der Waals surface area contributed by atoms with Crippen molar-refractivity contribution in [3.8, 4) is 33.2 Å². The first kappa shape index (κ1) is 22.5. The van der Waals surface area contributed by atoms with Crippen LogP contribution in [0.15, 0.2) is 61.1 Å². The van der Waals surface area contributed by atoms with E-state index in [0.717, 1.165) is 56.5 Å². The van der Waals surface area contributed by atoms with Gasteiger partial charge in [0.05, 0.1) is 32.7 Å². The second-order valence-corrected chi connectivity index (χ2v) is 10.5. The number of Topliss-reactive ketones (excluding diaryl/α,β-unsaturated/α-hetero) is 1. The molecule has 7 rings (SSSR count). The molecule has 0 atom stereocenters. The highest BCUT2D eigenvalue weighted by atomic mass is 32.1. The quantitative estimate of drug-likeness (QED) is 0.237. The van der Waals surface area contributed by atoms with Crippen LogP contribution in [-0.4, -0.2) is 41.8 Å². The Labute approximate surface area is 220 Å². The van der Waals surface area contributed by atoms with Crippen LogP contribution in [0, 0.1) is 5.92 Å². The lowest BCUT2D eigenvalue weighted by molar-refractivity contribution is -0.117. The van der Waals surface area contributed by atoms with E-state index in [9.17, 15) is 9.59 Å². The van der Waals surface area contributed by atoms with E-state index in [1.807, 2.05) is 42.5 Å². The maximum atomic E-state index is 12.2. The summed E-state index contributed by atoms with van der Waals surface area (Å²) in [7, 11) is 0. The Morgan fingerprint density at radius 1 is 1.00 bits per heavy atom. The number of nitrogens with zero attached hydrogens (tertiary/aromatic N) is 4. The monoisotopic (exact) mass is 519 g/mol. The first-order chi connectivity index (χ1) is 18.5. The second kappa shape index (κ2) is 8.70. The summed E-state index contributed by atoms with van der Waals surface area (Å²) in [6, 6.07) is 13.6. The number of pyridine rings is 2. The molecule has 0 radical (unpaired) electrons. The first-order valence-electron chi connectivity index (χ1n) is 12.2. The number of aromatic amines is 2. The number of imidazole rings is 1. The standard InChI is InChI=1S/C28H21N7O2S/c1-14(36)22-6-7-23(38-22)26-25-21(8-9-30-26)32-27(33-25)24-19-11-16(4-5-20(19)34-35-24)17-10-18(13-29-12-17)31-28(37)15-2-3-15/h4-13,15H,2-3H2,1H3,(H,31,37)(H,32,33)(H,34,35). The Bertz CT molecular complexity index is 1880. The van der Waals surface area contributed by atoms with Crippen LogP contribution in [0.1, 0.15) is 29.4 Å². The van der Waals surface area contributed by atoms with E-state index < -0.39 is 0 Å².